The van der Waals surface area contributed by atoms with Crippen molar-refractivity contribution in [2.45, 2.75) is 6.42 Å². The molecule has 0 amide bonds. The molecule has 2 N–H and O–H groups in total. The molecule has 1 aromatic carbocycles. The molecule has 5 heteroatoms. The van der Waals surface area contributed by atoms with Gasteiger partial charge in [-0.25, -0.2) is 9.37 Å². The van der Waals surface area contributed by atoms with Crippen LogP contribution in [0, 0.1) is 5.82 Å². The number of nitrogens with two attached hydrogens (primary N) is 1. The molecule has 0 spiro atoms. The lowest BCUT2D eigenvalue weighted by molar-refractivity contribution is 0.460. The second-order valence-corrected chi connectivity index (χ2v) is 4.58. The van der Waals surface area contributed by atoms with Crippen LogP contribution in [-0.4, -0.2) is 11.5 Å². The molecular weight excluding hydrogens is 299 g/mol. The Morgan fingerprint density at radius 3 is 2.72 bits per heavy atom. The molecule has 1 aromatic heterocycles. The summed E-state index contributed by atoms with van der Waals surface area (Å²) in [5.74, 6) is 0.672. The Kier molecular flexibility index (Phi) is 4.28. The zero-order valence-corrected chi connectivity index (χ0v) is 11.2. The van der Waals surface area contributed by atoms with E-state index < -0.39 is 0 Å². The maximum atomic E-state index is 13.0. The van der Waals surface area contributed by atoms with Gasteiger partial charge in [-0.05, 0) is 52.7 Å². The molecular formula is C13H12BrFN2O. The van der Waals surface area contributed by atoms with E-state index in [1.54, 1.807) is 24.4 Å². The first-order chi connectivity index (χ1) is 8.69. The van der Waals surface area contributed by atoms with Gasteiger partial charge < -0.3 is 10.5 Å². The number of pyridine rings is 1. The quantitative estimate of drug-likeness (QED) is 0.942. The first-order valence-corrected chi connectivity index (χ1v) is 6.26. The molecule has 0 radical (unpaired) electrons. The Morgan fingerprint density at radius 2 is 2.11 bits per heavy atom. The predicted octanol–water partition coefficient (Wildman–Crippen LogP) is 3.28. The molecule has 0 saturated heterocycles. The summed E-state index contributed by atoms with van der Waals surface area (Å²) >= 11 is 3.10. The average Bonchev–Trinajstić information content (AvgIpc) is 2.37. The number of ether oxygens (including phenoxy) is 1. The van der Waals surface area contributed by atoms with E-state index in [0.29, 0.717) is 22.6 Å². The summed E-state index contributed by atoms with van der Waals surface area (Å²) in [7, 11) is 0. The van der Waals surface area contributed by atoms with Crippen LogP contribution in [0.5, 0.6) is 11.6 Å². The van der Waals surface area contributed by atoms with Crippen molar-refractivity contribution in [3.05, 3.63) is 52.4 Å². The zero-order chi connectivity index (χ0) is 13.0. The molecule has 0 atom stereocenters. The van der Waals surface area contributed by atoms with Gasteiger partial charge in [-0.1, -0.05) is 6.07 Å². The van der Waals surface area contributed by atoms with Crippen LogP contribution in [0.25, 0.3) is 0 Å². The predicted molar refractivity (Wildman–Crippen MR) is 71.2 cm³/mol. The van der Waals surface area contributed by atoms with Crippen LogP contribution in [0.15, 0.2) is 41.0 Å². The van der Waals surface area contributed by atoms with Crippen molar-refractivity contribution in [1.82, 2.24) is 4.98 Å². The summed E-state index contributed by atoms with van der Waals surface area (Å²) in [5.41, 5.74) is 6.51. The topological polar surface area (TPSA) is 48.1 Å². The van der Waals surface area contributed by atoms with E-state index in [4.69, 9.17) is 10.5 Å². The van der Waals surface area contributed by atoms with E-state index in [1.807, 2.05) is 6.07 Å². The lowest BCUT2D eigenvalue weighted by Crippen LogP contribution is -2.02. The van der Waals surface area contributed by atoms with Gasteiger partial charge in [0.05, 0.1) is 4.47 Å². The summed E-state index contributed by atoms with van der Waals surface area (Å²) in [6.45, 7) is 0.590. The highest BCUT2D eigenvalue weighted by molar-refractivity contribution is 9.10. The number of benzene rings is 1. The smallest absolute Gasteiger partial charge is 0.219 e. The summed E-state index contributed by atoms with van der Waals surface area (Å²) < 4.78 is 18.9. The molecule has 0 saturated carbocycles. The average molecular weight is 311 g/mol. The number of aromatic nitrogens is 1. The van der Waals surface area contributed by atoms with Crippen molar-refractivity contribution >= 4 is 15.9 Å². The molecule has 2 rings (SSSR count). The number of hydrogen-bond acceptors (Lipinski definition) is 3. The molecule has 0 aliphatic heterocycles. The Morgan fingerprint density at radius 1 is 1.28 bits per heavy atom. The number of hydrogen-bond donors (Lipinski definition) is 1. The van der Waals surface area contributed by atoms with Gasteiger partial charge in [-0.2, -0.15) is 0 Å². The van der Waals surface area contributed by atoms with Crippen LogP contribution < -0.4 is 10.5 Å². The summed E-state index contributed by atoms with van der Waals surface area (Å²) in [5, 5.41) is 0. The number of nitrogens with zero attached hydrogens (tertiary/aromatic N) is 1. The van der Waals surface area contributed by atoms with Crippen molar-refractivity contribution in [3.63, 3.8) is 0 Å². The fraction of sp³-hybridized carbons (Fsp3) is 0.154. The fourth-order valence-corrected chi connectivity index (χ4v) is 1.80. The molecule has 94 valence electrons. The van der Waals surface area contributed by atoms with Gasteiger partial charge in [0.25, 0.3) is 0 Å². The minimum Gasteiger partial charge on any atom is -0.439 e. The highest BCUT2D eigenvalue weighted by Gasteiger charge is 2.03. The normalized spacial score (nSPS) is 10.4. The van der Waals surface area contributed by atoms with E-state index in [9.17, 15) is 4.39 Å². The number of rotatable bonds is 4. The van der Waals surface area contributed by atoms with Gasteiger partial charge in [-0.3, -0.25) is 0 Å². The molecule has 2 aromatic rings. The maximum absolute atomic E-state index is 13.0. The van der Waals surface area contributed by atoms with E-state index in [-0.39, 0.29) is 5.82 Å². The first kappa shape index (κ1) is 13.0. The third-order valence-corrected chi connectivity index (χ3v) is 2.95. The van der Waals surface area contributed by atoms with E-state index in [2.05, 4.69) is 20.9 Å². The van der Waals surface area contributed by atoms with E-state index >= 15 is 0 Å². The second-order valence-electron chi connectivity index (χ2n) is 3.72. The second kappa shape index (κ2) is 5.93. The minimum absolute atomic E-state index is 0.325. The monoisotopic (exact) mass is 310 g/mol. The van der Waals surface area contributed by atoms with Gasteiger partial charge in [0, 0.05) is 12.3 Å². The lowest BCUT2D eigenvalue weighted by atomic mass is 10.2. The van der Waals surface area contributed by atoms with E-state index in [1.165, 1.54) is 6.07 Å². The highest BCUT2D eigenvalue weighted by atomic mass is 79.9. The maximum Gasteiger partial charge on any atom is 0.219 e. The van der Waals surface area contributed by atoms with Crippen molar-refractivity contribution in [2.24, 2.45) is 5.73 Å². The Labute approximate surface area is 113 Å². The van der Waals surface area contributed by atoms with Crippen molar-refractivity contribution < 1.29 is 9.13 Å². The molecule has 0 aliphatic rings. The Balaban J connectivity index is 2.10. The van der Waals surface area contributed by atoms with Crippen LogP contribution >= 0.6 is 15.9 Å². The van der Waals surface area contributed by atoms with Gasteiger partial charge in [-0.15, -0.1) is 0 Å². The van der Waals surface area contributed by atoms with E-state index in [0.717, 1.165) is 12.0 Å². The van der Waals surface area contributed by atoms with Crippen molar-refractivity contribution in [3.8, 4) is 11.6 Å². The fourth-order valence-electron chi connectivity index (χ4n) is 1.45. The van der Waals surface area contributed by atoms with Crippen LogP contribution in [-0.2, 0) is 6.42 Å². The summed E-state index contributed by atoms with van der Waals surface area (Å²) in [4.78, 5) is 4.16. The molecule has 0 unspecified atom stereocenters. The minimum atomic E-state index is -0.325. The molecule has 1 heterocycles. The molecule has 0 bridgehead atoms. The van der Waals surface area contributed by atoms with Gasteiger partial charge >= 0.3 is 0 Å². The zero-order valence-electron chi connectivity index (χ0n) is 9.57. The summed E-state index contributed by atoms with van der Waals surface area (Å²) in [6.07, 6.45) is 2.51. The number of halogens is 2. The SMILES string of the molecule is NCCc1ccc(Oc2ccc(F)c(Br)c2)nc1. The van der Waals surface area contributed by atoms with Crippen molar-refractivity contribution in [2.75, 3.05) is 6.54 Å². The Bertz CT molecular complexity index is 531. The molecule has 0 aliphatic carbocycles. The van der Waals surface area contributed by atoms with Gasteiger partial charge in [0.2, 0.25) is 5.88 Å². The largest absolute Gasteiger partial charge is 0.439 e. The standard InChI is InChI=1S/C13H12BrFN2O/c14-11-7-10(2-3-12(11)15)18-13-4-1-9(5-6-16)8-17-13/h1-4,7-8H,5-6,16H2. The summed E-state index contributed by atoms with van der Waals surface area (Å²) in [6, 6.07) is 8.12. The van der Waals surface area contributed by atoms with Gasteiger partial charge in [0.15, 0.2) is 0 Å². The Hall–Kier alpha value is -1.46. The third kappa shape index (κ3) is 3.27. The van der Waals surface area contributed by atoms with Crippen LogP contribution in [0.1, 0.15) is 5.56 Å². The van der Waals surface area contributed by atoms with Crippen molar-refractivity contribution in [1.29, 1.82) is 0 Å². The highest BCUT2D eigenvalue weighted by Crippen LogP contribution is 2.25. The molecule has 3 nitrogen and oxygen atoms in total. The van der Waals surface area contributed by atoms with Crippen LogP contribution in [0.2, 0.25) is 0 Å². The molecule has 18 heavy (non-hydrogen) atoms. The first-order valence-electron chi connectivity index (χ1n) is 5.47. The molecule has 0 fully saturated rings. The van der Waals surface area contributed by atoms with Gasteiger partial charge in [0.1, 0.15) is 11.6 Å². The third-order valence-electron chi connectivity index (χ3n) is 2.34. The lowest BCUT2D eigenvalue weighted by Gasteiger charge is -2.06. The van der Waals surface area contributed by atoms with Crippen LogP contribution in [0.4, 0.5) is 4.39 Å². The van der Waals surface area contributed by atoms with Crippen LogP contribution in [0.3, 0.4) is 0 Å².